The van der Waals surface area contributed by atoms with Gasteiger partial charge in [0, 0.05) is 18.3 Å². The van der Waals surface area contributed by atoms with E-state index >= 15 is 0 Å². The first-order valence-corrected chi connectivity index (χ1v) is 8.12. The summed E-state index contributed by atoms with van der Waals surface area (Å²) < 4.78 is 2.66. The van der Waals surface area contributed by atoms with Crippen molar-refractivity contribution in [1.82, 2.24) is 4.31 Å². The standard InChI is InChI=1S/C14H29NS/c1-3-5-12-15(13-6-4-2)16-14-10-8-7-9-11-14/h14H,3-13H2,1-2H3. The average molecular weight is 243 g/mol. The van der Waals surface area contributed by atoms with E-state index < -0.39 is 0 Å². The Bertz CT molecular complexity index is 147. The summed E-state index contributed by atoms with van der Waals surface area (Å²) in [5.41, 5.74) is 0. The van der Waals surface area contributed by atoms with Gasteiger partial charge >= 0.3 is 0 Å². The zero-order valence-corrected chi connectivity index (χ0v) is 12.0. The summed E-state index contributed by atoms with van der Waals surface area (Å²) in [4.78, 5) is 0. The molecule has 0 bridgehead atoms. The van der Waals surface area contributed by atoms with Crippen LogP contribution in [0.5, 0.6) is 0 Å². The molecule has 0 unspecified atom stereocenters. The van der Waals surface area contributed by atoms with E-state index in [-0.39, 0.29) is 0 Å². The third-order valence-electron chi connectivity index (χ3n) is 3.37. The molecule has 96 valence electrons. The molecule has 0 aromatic rings. The Morgan fingerprint density at radius 2 is 1.50 bits per heavy atom. The van der Waals surface area contributed by atoms with Gasteiger partial charge in [-0.2, -0.15) is 0 Å². The van der Waals surface area contributed by atoms with Gasteiger partial charge in [-0.3, -0.25) is 4.31 Å². The van der Waals surface area contributed by atoms with Gasteiger partial charge in [0.1, 0.15) is 0 Å². The first-order valence-electron chi connectivity index (χ1n) is 7.28. The molecule has 0 aromatic carbocycles. The lowest BCUT2D eigenvalue weighted by atomic mass is 10.0. The number of hydrogen-bond acceptors (Lipinski definition) is 2. The largest absolute Gasteiger partial charge is 0.250 e. The number of hydrogen-bond donors (Lipinski definition) is 0. The summed E-state index contributed by atoms with van der Waals surface area (Å²) in [6.45, 7) is 7.20. The minimum Gasteiger partial charge on any atom is -0.250 e. The predicted molar refractivity (Wildman–Crippen MR) is 75.9 cm³/mol. The minimum absolute atomic E-state index is 0.933. The lowest BCUT2D eigenvalue weighted by Crippen LogP contribution is -2.23. The molecular weight excluding hydrogens is 214 g/mol. The SMILES string of the molecule is CCCCN(CCCC)SC1CCCCC1. The molecular formula is C14H29NS. The second-order valence-corrected chi connectivity index (χ2v) is 6.40. The molecule has 16 heavy (non-hydrogen) atoms. The van der Waals surface area contributed by atoms with Crippen LogP contribution in [0.4, 0.5) is 0 Å². The van der Waals surface area contributed by atoms with E-state index in [1.54, 1.807) is 0 Å². The Balaban J connectivity index is 2.23. The molecule has 0 saturated heterocycles. The van der Waals surface area contributed by atoms with Crippen LogP contribution in [0.1, 0.15) is 71.6 Å². The molecule has 1 aliphatic rings. The molecule has 1 rings (SSSR count). The zero-order valence-electron chi connectivity index (χ0n) is 11.2. The Labute approximate surface area is 106 Å². The lowest BCUT2D eigenvalue weighted by molar-refractivity contribution is 0.431. The highest BCUT2D eigenvalue weighted by Crippen LogP contribution is 2.30. The Kier molecular flexibility index (Phi) is 8.40. The highest BCUT2D eigenvalue weighted by atomic mass is 32.2. The normalized spacial score (nSPS) is 18.2. The molecule has 0 heterocycles. The van der Waals surface area contributed by atoms with Crippen molar-refractivity contribution in [1.29, 1.82) is 0 Å². The second kappa shape index (κ2) is 9.35. The van der Waals surface area contributed by atoms with Crippen LogP contribution in [0.15, 0.2) is 0 Å². The van der Waals surface area contributed by atoms with E-state index in [0.29, 0.717) is 0 Å². The van der Waals surface area contributed by atoms with Gasteiger partial charge in [-0.25, -0.2) is 0 Å². The third-order valence-corrected chi connectivity index (χ3v) is 4.81. The molecule has 0 spiro atoms. The summed E-state index contributed by atoms with van der Waals surface area (Å²) in [5.74, 6) is 0. The van der Waals surface area contributed by atoms with Crippen molar-refractivity contribution in [2.75, 3.05) is 13.1 Å². The zero-order chi connectivity index (χ0) is 11.6. The Hall–Kier alpha value is 0.310. The van der Waals surface area contributed by atoms with Gasteiger partial charge in [-0.15, -0.1) is 0 Å². The van der Waals surface area contributed by atoms with E-state index in [2.05, 4.69) is 30.1 Å². The Morgan fingerprint density at radius 3 is 2.00 bits per heavy atom. The Morgan fingerprint density at radius 1 is 0.938 bits per heavy atom. The smallest absolute Gasteiger partial charge is 0.0195 e. The molecule has 2 heteroatoms. The monoisotopic (exact) mass is 243 g/mol. The van der Waals surface area contributed by atoms with Gasteiger partial charge in [-0.05, 0) is 25.7 Å². The first kappa shape index (κ1) is 14.4. The van der Waals surface area contributed by atoms with Gasteiger partial charge in [0.05, 0.1) is 0 Å². The third kappa shape index (κ3) is 6.15. The summed E-state index contributed by atoms with van der Waals surface area (Å²) >= 11 is 2.18. The van der Waals surface area contributed by atoms with Gasteiger partial charge in [-0.1, -0.05) is 57.9 Å². The lowest BCUT2D eigenvalue weighted by Gasteiger charge is -2.28. The predicted octanol–water partition coefficient (Wildman–Crippen LogP) is 4.87. The molecule has 0 radical (unpaired) electrons. The van der Waals surface area contributed by atoms with Crippen LogP contribution in [-0.4, -0.2) is 22.6 Å². The van der Waals surface area contributed by atoms with E-state index in [1.807, 2.05) is 0 Å². The van der Waals surface area contributed by atoms with Gasteiger partial charge in [0.2, 0.25) is 0 Å². The number of unbranched alkanes of at least 4 members (excludes halogenated alkanes) is 2. The molecule has 1 saturated carbocycles. The van der Waals surface area contributed by atoms with Gasteiger partial charge < -0.3 is 0 Å². The van der Waals surface area contributed by atoms with E-state index in [9.17, 15) is 0 Å². The fourth-order valence-corrected chi connectivity index (χ4v) is 3.70. The molecule has 0 atom stereocenters. The average Bonchev–Trinajstić information content (AvgIpc) is 2.34. The van der Waals surface area contributed by atoms with Crippen LogP contribution in [0.2, 0.25) is 0 Å². The van der Waals surface area contributed by atoms with Gasteiger partial charge in [0.25, 0.3) is 0 Å². The topological polar surface area (TPSA) is 3.24 Å². The van der Waals surface area contributed by atoms with Crippen molar-refractivity contribution in [3.05, 3.63) is 0 Å². The van der Waals surface area contributed by atoms with Crippen LogP contribution >= 0.6 is 11.9 Å². The number of nitrogens with zero attached hydrogens (tertiary/aromatic N) is 1. The van der Waals surface area contributed by atoms with Crippen LogP contribution in [0.25, 0.3) is 0 Å². The van der Waals surface area contributed by atoms with Crippen molar-refractivity contribution >= 4 is 11.9 Å². The fourth-order valence-electron chi connectivity index (χ4n) is 2.27. The quantitative estimate of drug-likeness (QED) is 0.560. The molecule has 0 N–H and O–H groups in total. The van der Waals surface area contributed by atoms with Crippen molar-refractivity contribution < 1.29 is 0 Å². The highest BCUT2D eigenvalue weighted by Gasteiger charge is 2.17. The number of rotatable bonds is 8. The highest BCUT2D eigenvalue weighted by molar-refractivity contribution is 7.97. The van der Waals surface area contributed by atoms with Crippen molar-refractivity contribution in [3.63, 3.8) is 0 Å². The van der Waals surface area contributed by atoms with Crippen molar-refractivity contribution in [3.8, 4) is 0 Å². The molecule has 1 nitrogen and oxygen atoms in total. The van der Waals surface area contributed by atoms with Crippen LogP contribution in [0, 0.1) is 0 Å². The van der Waals surface area contributed by atoms with Crippen molar-refractivity contribution in [2.45, 2.75) is 76.9 Å². The summed E-state index contributed by atoms with van der Waals surface area (Å²) in [5, 5.41) is 0.933. The maximum Gasteiger partial charge on any atom is 0.0195 e. The van der Waals surface area contributed by atoms with Crippen LogP contribution < -0.4 is 0 Å². The molecule has 0 amide bonds. The minimum atomic E-state index is 0.933. The van der Waals surface area contributed by atoms with E-state index in [1.165, 1.54) is 70.9 Å². The molecule has 1 aliphatic carbocycles. The molecule has 1 fully saturated rings. The fraction of sp³-hybridized carbons (Fsp3) is 1.00. The summed E-state index contributed by atoms with van der Waals surface area (Å²) in [6, 6.07) is 0. The second-order valence-electron chi connectivity index (χ2n) is 5.00. The maximum absolute atomic E-state index is 2.66. The van der Waals surface area contributed by atoms with Gasteiger partial charge in [0.15, 0.2) is 0 Å². The van der Waals surface area contributed by atoms with Crippen molar-refractivity contribution in [2.24, 2.45) is 0 Å². The summed E-state index contributed by atoms with van der Waals surface area (Å²) in [6.07, 6.45) is 12.7. The van der Waals surface area contributed by atoms with Crippen LogP contribution in [0.3, 0.4) is 0 Å². The summed E-state index contributed by atoms with van der Waals surface area (Å²) in [7, 11) is 0. The van der Waals surface area contributed by atoms with E-state index in [0.717, 1.165) is 5.25 Å². The van der Waals surface area contributed by atoms with Crippen LogP contribution in [-0.2, 0) is 0 Å². The molecule has 0 aromatic heterocycles. The van der Waals surface area contributed by atoms with E-state index in [4.69, 9.17) is 0 Å². The first-order chi connectivity index (χ1) is 7.86. The maximum atomic E-state index is 2.66. The molecule has 0 aliphatic heterocycles.